The first-order valence-electron chi connectivity index (χ1n) is 6.61. The van der Waals surface area contributed by atoms with Crippen LogP contribution in [0.25, 0.3) is 11.0 Å². The third kappa shape index (κ3) is 3.21. The predicted octanol–water partition coefficient (Wildman–Crippen LogP) is 1.36. The molecular formula is C13H18ClN3O3S. The topological polar surface area (TPSA) is 89.4 Å². The summed E-state index contributed by atoms with van der Waals surface area (Å²) < 4.78 is 31.5. The van der Waals surface area contributed by atoms with Gasteiger partial charge in [0.25, 0.3) is 0 Å². The SMILES string of the molecule is Cl.NCC1CCN(S(=O)(=O)Cc2noc3ccccc23)C1. The zero-order valence-corrected chi connectivity index (χ0v) is 13.1. The first-order chi connectivity index (χ1) is 9.60. The van der Waals surface area contributed by atoms with Gasteiger partial charge in [-0.25, -0.2) is 12.7 Å². The number of rotatable bonds is 4. The highest BCUT2D eigenvalue weighted by Gasteiger charge is 2.31. The van der Waals surface area contributed by atoms with E-state index in [1.807, 2.05) is 18.2 Å². The van der Waals surface area contributed by atoms with Gasteiger partial charge in [-0.3, -0.25) is 0 Å². The first kappa shape index (κ1) is 16.2. The second-order valence-corrected chi connectivity index (χ2v) is 7.10. The normalized spacial score (nSPS) is 19.8. The molecule has 2 aromatic rings. The van der Waals surface area contributed by atoms with Crippen LogP contribution in [-0.2, 0) is 15.8 Å². The Hall–Kier alpha value is -1.15. The Kier molecular flexibility index (Phi) is 4.88. The molecule has 1 aliphatic heterocycles. The van der Waals surface area contributed by atoms with E-state index in [1.165, 1.54) is 4.31 Å². The third-order valence-corrected chi connectivity index (χ3v) is 5.50. The van der Waals surface area contributed by atoms with Gasteiger partial charge in [-0.05, 0) is 31.0 Å². The van der Waals surface area contributed by atoms with Crippen molar-refractivity contribution >= 4 is 33.4 Å². The molecule has 6 nitrogen and oxygen atoms in total. The van der Waals surface area contributed by atoms with Crippen molar-refractivity contribution in [2.24, 2.45) is 11.7 Å². The zero-order chi connectivity index (χ0) is 14.2. The highest BCUT2D eigenvalue weighted by molar-refractivity contribution is 7.88. The molecule has 1 aromatic carbocycles. The summed E-state index contributed by atoms with van der Waals surface area (Å²) in [5, 5.41) is 4.64. The largest absolute Gasteiger partial charge is 0.356 e. The minimum absolute atomic E-state index is 0. The van der Waals surface area contributed by atoms with E-state index in [4.69, 9.17) is 10.3 Å². The fourth-order valence-electron chi connectivity index (χ4n) is 2.55. The molecule has 1 unspecified atom stereocenters. The van der Waals surface area contributed by atoms with Crippen LogP contribution in [0, 0.1) is 5.92 Å². The molecule has 0 bridgehead atoms. The summed E-state index contributed by atoms with van der Waals surface area (Å²) in [6.07, 6.45) is 0.829. The minimum atomic E-state index is -3.36. The van der Waals surface area contributed by atoms with Crippen molar-refractivity contribution < 1.29 is 12.9 Å². The summed E-state index contributed by atoms with van der Waals surface area (Å²) in [6, 6.07) is 7.27. The summed E-state index contributed by atoms with van der Waals surface area (Å²) in [4.78, 5) is 0. The van der Waals surface area contributed by atoms with Crippen LogP contribution in [0.15, 0.2) is 28.8 Å². The monoisotopic (exact) mass is 331 g/mol. The summed E-state index contributed by atoms with van der Waals surface area (Å²) in [5.74, 6) is 0.139. The fraction of sp³-hybridized carbons (Fsp3) is 0.462. The Balaban J connectivity index is 0.00000161. The van der Waals surface area contributed by atoms with Crippen molar-refractivity contribution in [2.45, 2.75) is 12.2 Å². The molecule has 1 fully saturated rings. The van der Waals surface area contributed by atoms with E-state index < -0.39 is 10.0 Å². The van der Waals surface area contributed by atoms with E-state index in [0.29, 0.717) is 30.9 Å². The van der Waals surface area contributed by atoms with Gasteiger partial charge in [-0.2, -0.15) is 0 Å². The van der Waals surface area contributed by atoms with Crippen LogP contribution in [0.5, 0.6) is 0 Å². The maximum atomic E-state index is 12.4. The minimum Gasteiger partial charge on any atom is -0.356 e. The van der Waals surface area contributed by atoms with Crippen molar-refractivity contribution in [1.29, 1.82) is 0 Å². The van der Waals surface area contributed by atoms with Crippen molar-refractivity contribution in [2.75, 3.05) is 19.6 Å². The van der Waals surface area contributed by atoms with E-state index in [9.17, 15) is 8.42 Å². The van der Waals surface area contributed by atoms with Crippen molar-refractivity contribution in [3.63, 3.8) is 0 Å². The Labute approximate surface area is 129 Å². The van der Waals surface area contributed by atoms with E-state index >= 15 is 0 Å². The van der Waals surface area contributed by atoms with Gasteiger partial charge in [0.05, 0.1) is 0 Å². The van der Waals surface area contributed by atoms with Crippen LogP contribution in [0.1, 0.15) is 12.1 Å². The summed E-state index contributed by atoms with van der Waals surface area (Å²) >= 11 is 0. The van der Waals surface area contributed by atoms with Crippen LogP contribution < -0.4 is 5.73 Å². The van der Waals surface area contributed by atoms with Crippen LogP contribution in [-0.4, -0.2) is 37.5 Å². The molecule has 0 radical (unpaired) electrons. The lowest BCUT2D eigenvalue weighted by Crippen LogP contribution is -2.31. The molecule has 116 valence electrons. The van der Waals surface area contributed by atoms with Crippen molar-refractivity contribution in [1.82, 2.24) is 9.46 Å². The number of hydrogen-bond acceptors (Lipinski definition) is 5. The van der Waals surface area contributed by atoms with Gasteiger partial charge >= 0.3 is 0 Å². The van der Waals surface area contributed by atoms with E-state index in [0.717, 1.165) is 11.8 Å². The third-order valence-electron chi connectivity index (χ3n) is 3.75. The molecular weight excluding hydrogens is 314 g/mol. The average Bonchev–Trinajstić information content (AvgIpc) is 3.06. The number of fused-ring (bicyclic) bond motifs is 1. The standard InChI is InChI=1S/C13H17N3O3S.ClH/c14-7-10-5-6-16(8-10)20(17,18)9-12-11-3-1-2-4-13(11)19-15-12;/h1-4,10H,5-9,14H2;1H. The number of sulfonamides is 1. The number of benzene rings is 1. The summed E-state index contributed by atoms with van der Waals surface area (Å²) in [7, 11) is -3.36. The molecule has 0 amide bonds. The number of nitrogens with two attached hydrogens (primary N) is 1. The number of aromatic nitrogens is 1. The molecule has 3 rings (SSSR count). The molecule has 8 heteroatoms. The van der Waals surface area contributed by atoms with Gasteiger partial charge in [0.2, 0.25) is 10.0 Å². The van der Waals surface area contributed by atoms with Crippen LogP contribution in [0.4, 0.5) is 0 Å². The lowest BCUT2D eigenvalue weighted by Gasteiger charge is -2.15. The Bertz CT molecular complexity index is 716. The Morgan fingerprint density at radius 1 is 1.38 bits per heavy atom. The second kappa shape index (κ2) is 6.31. The Morgan fingerprint density at radius 2 is 2.14 bits per heavy atom. The maximum absolute atomic E-state index is 12.4. The van der Waals surface area contributed by atoms with Crippen LogP contribution >= 0.6 is 12.4 Å². The highest BCUT2D eigenvalue weighted by atomic mass is 35.5. The summed E-state index contributed by atoms with van der Waals surface area (Å²) in [5.41, 5.74) is 6.68. The lowest BCUT2D eigenvalue weighted by atomic mass is 10.1. The molecule has 2 N–H and O–H groups in total. The van der Waals surface area contributed by atoms with Gasteiger partial charge < -0.3 is 10.3 Å². The highest BCUT2D eigenvalue weighted by Crippen LogP contribution is 2.24. The number of hydrogen-bond donors (Lipinski definition) is 1. The summed E-state index contributed by atoms with van der Waals surface area (Å²) in [6.45, 7) is 1.58. The van der Waals surface area contributed by atoms with Gasteiger partial charge in [-0.15, -0.1) is 12.4 Å². The van der Waals surface area contributed by atoms with Crippen molar-refractivity contribution in [3.8, 4) is 0 Å². The smallest absolute Gasteiger partial charge is 0.220 e. The van der Waals surface area contributed by atoms with Crippen LogP contribution in [0.2, 0.25) is 0 Å². The van der Waals surface area contributed by atoms with Crippen molar-refractivity contribution in [3.05, 3.63) is 30.0 Å². The second-order valence-electron chi connectivity index (χ2n) is 5.13. The molecule has 21 heavy (non-hydrogen) atoms. The molecule has 1 atom stereocenters. The fourth-order valence-corrected chi connectivity index (χ4v) is 4.11. The van der Waals surface area contributed by atoms with Crippen LogP contribution in [0.3, 0.4) is 0 Å². The molecule has 0 spiro atoms. The molecule has 1 saturated heterocycles. The zero-order valence-electron chi connectivity index (χ0n) is 11.4. The molecule has 0 saturated carbocycles. The first-order valence-corrected chi connectivity index (χ1v) is 8.22. The van der Waals surface area contributed by atoms with Gasteiger partial charge in [0.15, 0.2) is 5.58 Å². The predicted molar refractivity (Wildman–Crippen MR) is 82.6 cm³/mol. The van der Waals surface area contributed by atoms with E-state index in [-0.39, 0.29) is 24.1 Å². The molecule has 1 aromatic heterocycles. The maximum Gasteiger partial charge on any atom is 0.220 e. The molecule has 2 heterocycles. The molecule has 0 aliphatic carbocycles. The van der Waals surface area contributed by atoms with Gasteiger partial charge in [0.1, 0.15) is 11.4 Å². The number of halogens is 1. The van der Waals surface area contributed by atoms with Gasteiger partial charge in [0, 0.05) is 18.5 Å². The van der Waals surface area contributed by atoms with E-state index in [2.05, 4.69) is 5.16 Å². The van der Waals surface area contributed by atoms with Gasteiger partial charge in [-0.1, -0.05) is 17.3 Å². The lowest BCUT2D eigenvalue weighted by molar-refractivity contribution is 0.440. The average molecular weight is 332 g/mol. The molecule has 1 aliphatic rings. The van der Waals surface area contributed by atoms with E-state index in [1.54, 1.807) is 6.07 Å². The number of nitrogens with zero attached hydrogens (tertiary/aromatic N) is 2. The Morgan fingerprint density at radius 3 is 2.86 bits per heavy atom. The quantitative estimate of drug-likeness (QED) is 0.913. The number of para-hydroxylation sites is 1.